The minimum atomic E-state index is 0.584. The standard InChI is InChI=1S/C14H20N2O2/c1-15(2)11-16-7-6-12-10-13(4-5-14(12)16)18-9-8-17-3/h4-7,10H,8-9,11H2,1-3H3. The monoisotopic (exact) mass is 248 g/mol. The summed E-state index contributed by atoms with van der Waals surface area (Å²) in [5, 5.41) is 1.20. The number of methoxy groups -OCH3 is 1. The lowest BCUT2D eigenvalue weighted by Gasteiger charge is -2.12. The van der Waals surface area contributed by atoms with Crippen molar-refractivity contribution in [3.05, 3.63) is 30.5 Å². The quantitative estimate of drug-likeness (QED) is 0.733. The highest BCUT2D eigenvalue weighted by molar-refractivity contribution is 5.81. The zero-order chi connectivity index (χ0) is 13.0. The molecule has 1 heterocycles. The van der Waals surface area contributed by atoms with Crippen LogP contribution in [0.15, 0.2) is 30.5 Å². The van der Waals surface area contributed by atoms with Crippen molar-refractivity contribution in [2.24, 2.45) is 0 Å². The van der Waals surface area contributed by atoms with Gasteiger partial charge in [-0.1, -0.05) is 0 Å². The molecule has 0 saturated heterocycles. The third-order valence-corrected chi connectivity index (χ3v) is 2.73. The maximum atomic E-state index is 5.60. The Kier molecular flexibility index (Phi) is 4.23. The summed E-state index contributed by atoms with van der Waals surface area (Å²) < 4.78 is 12.8. The van der Waals surface area contributed by atoms with Gasteiger partial charge in [0, 0.05) is 24.2 Å². The molecule has 0 aliphatic carbocycles. The second kappa shape index (κ2) is 5.89. The van der Waals surface area contributed by atoms with E-state index in [9.17, 15) is 0 Å². The third-order valence-electron chi connectivity index (χ3n) is 2.73. The van der Waals surface area contributed by atoms with Crippen molar-refractivity contribution in [2.75, 3.05) is 34.4 Å². The van der Waals surface area contributed by atoms with Crippen molar-refractivity contribution >= 4 is 10.9 Å². The second-order valence-electron chi connectivity index (χ2n) is 4.57. The van der Waals surface area contributed by atoms with Crippen LogP contribution in [0.2, 0.25) is 0 Å². The molecule has 98 valence electrons. The topological polar surface area (TPSA) is 26.6 Å². The SMILES string of the molecule is COCCOc1ccc2c(ccn2CN(C)C)c1. The summed E-state index contributed by atoms with van der Waals surface area (Å²) in [6, 6.07) is 8.28. The van der Waals surface area contributed by atoms with Gasteiger partial charge in [-0.3, -0.25) is 4.90 Å². The summed E-state index contributed by atoms with van der Waals surface area (Å²) in [5.74, 6) is 0.891. The number of hydrogen-bond acceptors (Lipinski definition) is 3. The number of hydrogen-bond donors (Lipinski definition) is 0. The van der Waals surface area contributed by atoms with E-state index in [-0.39, 0.29) is 0 Å². The second-order valence-corrected chi connectivity index (χ2v) is 4.57. The molecule has 0 bridgehead atoms. The Morgan fingerprint density at radius 2 is 2.00 bits per heavy atom. The Balaban J connectivity index is 2.15. The van der Waals surface area contributed by atoms with Crippen LogP contribution in [0.25, 0.3) is 10.9 Å². The maximum Gasteiger partial charge on any atom is 0.120 e. The van der Waals surface area contributed by atoms with Gasteiger partial charge < -0.3 is 14.0 Å². The number of aromatic nitrogens is 1. The number of benzene rings is 1. The fraction of sp³-hybridized carbons (Fsp3) is 0.429. The van der Waals surface area contributed by atoms with Gasteiger partial charge >= 0.3 is 0 Å². The maximum absolute atomic E-state index is 5.60. The van der Waals surface area contributed by atoms with Gasteiger partial charge in [0.15, 0.2) is 0 Å². The van der Waals surface area contributed by atoms with Gasteiger partial charge in [-0.25, -0.2) is 0 Å². The number of fused-ring (bicyclic) bond motifs is 1. The molecule has 0 N–H and O–H groups in total. The number of ether oxygens (including phenoxy) is 2. The molecule has 18 heavy (non-hydrogen) atoms. The number of nitrogens with zero attached hydrogens (tertiary/aromatic N) is 2. The Morgan fingerprint density at radius 3 is 2.72 bits per heavy atom. The van der Waals surface area contributed by atoms with Crippen LogP contribution in [0.3, 0.4) is 0 Å². The predicted molar refractivity (Wildman–Crippen MR) is 73.0 cm³/mol. The molecule has 0 fully saturated rings. The molecule has 0 radical (unpaired) electrons. The summed E-state index contributed by atoms with van der Waals surface area (Å²) in [7, 11) is 5.80. The smallest absolute Gasteiger partial charge is 0.120 e. The Morgan fingerprint density at radius 1 is 1.17 bits per heavy atom. The fourth-order valence-electron chi connectivity index (χ4n) is 1.94. The molecule has 2 rings (SSSR count). The van der Waals surface area contributed by atoms with E-state index < -0.39 is 0 Å². The first-order valence-electron chi connectivity index (χ1n) is 6.06. The van der Waals surface area contributed by atoms with Gasteiger partial charge in [-0.15, -0.1) is 0 Å². The molecule has 0 amide bonds. The van der Waals surface area contributed by atoms with Gasteiger partial charge in [-0.2, -0.15) is 0 Å². The molecule has 4 heteroatoms. The molecule has 1 aromatic heterocycles. The Bertz CT molecular complexity index is 505. The van der Waals surface area contributed by atoms with E-state index in [1.165, 1.54) is 10.9 Å². The summed E-state index contributed by atoms with van der Waals surface area (Å²) in [4.78, 5) is 2.14. The Hall–Kier alpha value is -1.52. The van der Waals surface area contributed by atoms with Crippen LogP contribution in [-0.4, -0.2) is 43.9 Å². The highest BCUT2D eigenvalue weighted by Crippen LogP contribution is 2.22. The van der Waals surface area contributed by atoms with E-state index in [2.05, 4.69) is 48.0 Å². The molecule has 1 aromatic carbocycles. The van der Waals surface area contributed by atoms with E-state index in [4.69, 9.17) is 9.47 Å². The normalized spacial score (nSPS) is 11.3. The van der Waals surface area contributed by atoms with Crippen LogP contribution < -0.4 is 4.74 Å². The fourth-order valence-corrected chi connectivity index (χ4v) is 1.94. The largest absolute Gasteiger partial charge is 0.491 e. The molecule has 0 atom stereocenters. The van der Waals surface area contributed by atoms with E-state index in [1.54, 1.807) is 7.11 Å². The van der Waals surface area contributed by atoms with Gasteiger partial charge in [0.25, 0.3) is 0 Å². The lowest BCUT2D eigenvalue weighted by molar-refractivity contribution is 0.146. The van der Waals surface area contributed by atoms with Crippen molar-refractivity contribution in [1.29, 1.82) is 0 Å². The molecule has 0 unspecified atom stereocenters. The molecule has 0 saturated carbocycles. The minimum Gasteiger partial charge on any atom is -0.491 e. The molecular formula is C14H20N2O2. The van der Waals surface area contributed by atoms with Crippen LogP contribution in [-0.2, 0) is 11.4 Å². The van der Waals surface area contributed by atoms with Crippen LogP contribution in [0, 0.1) is 0 Å². The van der Waals surface area contributed by atoms with Crippen molar-refractivity contribution in [1.82, 2.24) is 9.47 Å². The number of rotatable bonds is 6. The van der Waals surface area contributed by atoms with Crippen molar-refractivity contribution < 1.29 is 9.47 Å². The van der Waals surface area contributed by atoms with Crippen LogP contribution >= 0.6 is 0 Å². The van der Waals surface area contributed by atoms with Crippen LogP contribution in [0.1, 0.15) is 0 Å². The Labute approximate surface area is 108 Å². The van der Waals surface area contributed by atoms with Crippen LogP contribution in [0.5, 0.6) is 5.75 Å². The molecule has 4 nitrogen and oxygen atoms in total. The average Bonchev–Trinajstić information content (AvgIpc) is 2.72. The summed E-state index contributed by atoms with van der Waals surface area (Å²) in [6.07, 6.45) is 2.10. The van der Waals surface area contributed by atoms with E-state index in [1.807, 2.05) is 6.07 Å². The van der Waals surface area contributed by atoms with E-state index in [0.717, 1.165) is 12.4 Å². The summed E-state index contributed by atoms with van der Waals surface area (Å²) in [6.45, 7) is 2.08. The first-order valence-corrected chi connectivity index (χ1v) is 6.06. The highest BCUT2D eigenvalue weighted by Gasteiger charge is 2.03. The minimum absolute atomic E-state index is 0.584. The molecule has 0 spiro atoms. The van der Waals surface area contributed by atoms with Gasteiger partial charge in [0.1, 0.15) is 12.4 Å². The third kappa shape index (κ3) is 3.03. The lowest BCUT2D eigenvalue weighted by Crippen LogP contribution is -2.15. The zero-order valence-electron chi connectivity index (χ0n) is 11.2. The average molecular weight is 248 g/mol. The summed E-state index contributed by atoms with van der Waals surface area (Å²) >= 11 is 0. The van der Waals surface area contributed by atoms with Crippen molar-refractivity contribution in [3.8, 4) is 5.75 Å². The van der Waals surface area contributed by atoms with Gasteiger partial charge in [0.05, 0.1) is 13.3 Å². The summed E-state index contributed by atoms with van der Waals surface area (Å²) in [5.41, 5.74) is 1.22. The first-order chi connectivity index (χ1) is 8.70. The zero-order valence-corrected chi connectivity index (χ0v) is 11.2. The first kappa shape index (κ1) is 12.9. The van der Waals surface area contributed by atoms with Gasteiger partial charge in [-0.05, 0) is 38.4 Å². The van der Waals surface area contributed by atoms with Crippen molar-refractivity contribution in [2.45, 2.75) is 6.67 Å². The van der Waals surface area contributed by atoms with Gasteiger partial charge in [0.2, 0.25) is 0 Å². The molecule has 2 aromatic rings. The molecule has 0 aliphatic heterocycles. The highest BCUT2D eigenvalue weighted by atomic mass is 16.5. The van der Waals surface area contributed by atoms with Crippen molar-refractivity contribution in [3.63, 3.8) is 0 Å². The predicted octanol–water partition coefficient (Wildman–Crippen LogP) is 2.19. The lowest BCUT2D eigenvalue weighted by atomic mass is 10.2. The van der Waals surface area contributed by atoms with Crippen LogP contribution in [0.4, 0.5) is 0 Å². The van der Waals surface area contributed by atoms with E-state index in [0.29, 0.717) is 13.2 Å². The van der Waals surface area contributed by atoms with E-state index >= 15 is 0 Å². The molecular weight excluding hydrogens is 228 g/mol. The molecule has 0 aliphatic rings.